The maximum Gasteiger partial charge on any atom is 0.417 e. The van der Waals surface area contributed by atoms with E-state index in [0.717, 1.165) is 29.1 Å². The van der Waals surface area contributed by atoms with Gasteiger partial charge in [-0.25, -0.2) is 0 Å². The number of para-hydroxylation sites is 1. The van der Waals surface area contributed by atoms with Crippen molar-refractivity contribution in [2.24, 2.45) is 7.05 Å². The van der Waals surface area contributed by atoms with Gasteiger partial charge in [-0.1, -0.05) is 18.2 Å². The van der Waals surface area contributed by atoms with Gasteiger partial charge in [-0.05, 0) is 44.2 Å². The summed E-state index contributed by atoms with van der Waals surface area (Å²) in [4.78, 5) is 14.9. The van der Waals surface area contributed by atoms with E-state index in [1.807, 2.05) is 39.1 Å². The lowest BCUT2D eigenvalue weighted by Crippen LogP contribution is -2.43. The number of aryl methyl sites for hydroxylation is 2. The molecule has 1 aromatic heterocycles. The van der Waals surface area contributed by atoms with Gasteiger partial charge >= 0.3 is 6.18 Å². The Labute approximate surface area is 207 Å². The third-order valence-electron chi connectivity index (χ3n) is 6.47. The molecular formula is C26H26F3N5O2. The van der Waals surface area contributed by atoms with Crippen molar-refractivity contribution in [3.63, 3.8) is 0 Å². The lowest BCUT2D eigenvalue weighted by atomic mass is 10.1. The van der Waals surface area contributed by atoms with E-state index >= 15 is 0 Å². The highest BCUT2D eigenvalue weighted by molar-refractivity contribution is 5.86. The van der Waals surface area contributed by atoms with E-state index in [4.69, 9.17) is 10.00 Å². The van der Waals surface area contributed by atoms with Crippen molar-refractivity contribution in [2.45, 2.75) is 45.1 Å². The Balaban J connectivity index is 1.61. The number of halogens is 3. The number of ether oxygens (including phenoxy) is 1. The van der Waals surface area contributed by atoms with Crippen LogP contribution in [0.4, 0.5) is 18.9 Å². The van der Waals surface area contributed by atoms with E-state index in [1.165, 1.54) is 6.07 Å². The van der Waals surface area contributed by atoms with Gasteiger partial charge in [0, 0.05) is 37.0 Å². The van der Waals surface area contributed by atoms with Crippen LogP contribution in [0.25, 0.3) is 0 Å². The number of amides is 1. The normalized spacial score (nSPS) is 17.6. The quantitative estimate of drug-likeness (QED) is 0.550. The molecule has 2 heterocycles. The molecule has 10 heteroatoms. The number of hydrogen-bond acceptors (Lipinski definition) is 5. The number of hydrogen-bond donors (Lipinski definition) is 1. The minimum atomic E-state index is -4.70. The number of nitriles is 1. The summed E-state index contributed by atoms with van der Waals surface area (Å²) in [5, 5.41) is 16.4. The molecule has 3 aromatic rings. The third kappa shape index (κ3) is 5.15. The molecule has 0 saturated carbocycles. The fourth-order valence-electron chi connectivity index (χ4n) is 4.52. The SMILES string of the molecule is Cc1nn(C)c(C)c1CNC(=O)[C@@H]1C[C@H](Oc2ccccc2)CN1c1ccc(C#N)c(C(F)(F)F)c1. The lowest BCUT2D eigenvalue weighted by Gasteiger charge is -2.26. The molecule has 188 valence electrons. The average molecular weight is 498 g/mol. The molecule has 1 aliphatic heterocycles. The molecule has 1 amide bonds. The van der Waals surface area contributed by atoms with Gasteiger partial charge in [-0.15, -0.1) is 0 Å². The zero-order valence-corrected chi connectivity index (χ0v) is 20.1. The second kappa shape index (κ2) is 9.93. The molecule has 2 aromatic carbocycles. The molecular weight excluding hydrogens is 471 g/mol. The van der Waals surface area contributed by atoms with Crippen molar-refractivity contribution in [3.05, 3.63) is 76.6 Å². The third-order valence-corrected chi connectivity index (χ3v) is 6.47. The number of anilines is 1. The highest BCUT2D eigenvalue weighted by atomic mass is 19.4. The van der Waals surface area contributed by atoms with Crippen LogP contribution in [0.2, 0.25) is 0 Å². The molecule has 36 heavy (non-hydrogen) atoms. The number of carbonyl (C=O) groups excluding carboxylic acids is 1. The fraction of sp³-hybridized carbons (Fsp3) is 0.346. The summed E-state index contributed by atoms with van der Waals surface area (Å²) in [6.45, 7) is 4.22. The van der Waals surface area contributed by atoms with Crippen LogP contribution in [0, 0.1) is 25.2 Å². The monoisotopic (exact) mass is 497 g/mol. The maximum atomic E-state index is 13.6. The number of alkyl halides is 3. The van der Waals surface area contributed by atoms with Crippen molar-refractivity contribution in [3.8, 4) is 11.8 Å². The molecule has 0 aliphatic carbocycles. The van der Waals surface area contributed by atoms with Gasteiger partial charge in [0.05, 0.1) is 29.4 Å². The number of carbonyl (C=O) groups is 1. The first kappa shape index (κ1) is 25.1. The van der Waals surface area contributed by atoms with Crippen LogP contribution in [0.5, 0.6) is 5.75 Å². The summed E-state index contributed by atoms with van der Waals surface area (Å²) < 4.78 is 48.7. The highest BCUT2D eigenvalue weighted by Crippen LogP contribution is 2.36. The molecule has 4 rings (SSSR count). The predicted molar refractivity (Wildman–Crippen MR) is 127 cm³/mol. The first-order chi connectivity index (χ1) is 17.1. The standard InChI is InChI=1S/C26H26F3N5O2/c1-16-22(17(2)33(3)32-16)14-31-25(35)24-12-21(36-20-7-5-4-6-8-20)15-34(24)19-10-9-18(13-30)23(11-19)26(27,28)29/h4-11,21,24H,12,14-15H2,1-3H3,(H,31,35)/t21-,24-/m0/s1. The molecule has 0 radical (unpaired) electrons. The van der Waals surface area contributed by atoms with Crippen molar-refractivity contribution in [2.75, 3.05) is 11.4 Å². The van der Waals surface area contributed by atoms with Crippen LogP contribution in [-0.4, -0.2) is 34.4 Å². The summed E-state index contributed by atoms with van der Waals surface area (Å²) in [6.07, 6.45) is -4.84. The average Bonchev–Trinajstić information content (AvgIpc) is 3.37. The number of benzene rings is 2. The van der Waals surface area contributed by atoms with E-state index < -0.39 is 29.4 Å². The van der Waals surface area contributed by atoms with Crippen LogP contribution >= 0.6 is 0 Å². The molecule has 0 spiro atoms. The number of nitrogens with one attached hydrogen (secondary N) is 1. The zero-order valence-electron chi connectivity index (χ0n) is 20.1. The van der Waals surface area contributed by atoms with Crippen molar-refractivity contribution >= 4 is 11.6 Å². The topological polar surface area (TPSA) is 83.2 Å². The van der Waals surface area contributed by atoms with E-state index in [0.29, 0.717) is 5.75 Å². The van der Waals surface area contributed by atoms with Crippen LogP contribution < -0.4 is 15.0 Å². The van der Waals surface area contributed by atoms with Gasteiger partial charge in [-0.2, -0.15) is 23.5 Å². The summed E-state index contributed by atoms with van der Waals surface area (Å²) in [6, 6.07) is 13.4. The Morgan fingerprint density at radius 2 is 1.94 bits per heavy atom. The minimum absolute atomic E-state index is 0.203. The predicted octanol–water partition coefficient (Wildman–Crippen LogP) is 4.27. The van der Waals surface area contributed by atoms with Crippen LogP contribution in [-0.2, 0) is 24.6 Å². The number of aromatic nitrogens is 2. The molecule has 7 nitrogen and oxygen atoms in total. The number of rotatable bonds is 6. The highest BCUT2D eigenvalue weighted by Gasteiger charge is 2.40. The van der Waals surface area contributed by atoms with Crippen LogP contribution in [0.15, 0.2) is 48.5 Å². The molecule has 2 atom stereocenters. The molecule has 1 fully saturated rings. The Morgan fingerprint density at radius 3 is 2.56 bits per heavy atom. The van der Waals surface area contributed by atoms with Crippen molar-refractivity contribution in [1.29, 1.82) is 5.26 Å². The summed E-state index contributed by atoms with van der Waals surface area (Å²) in [5.74, 6) is 0.288. The van der Waals surface area contributed by atoms with Crippen molar-refractivity contribution < 1.29 is 22.7 Å². The Kier molecular flexibility index (Phi) is 6.93. The Morgan fingerprint density at radius 1 is 1.22 bits per heavy atom. The smallest absolute Gasteiger partial charge is 0.417 e. The summed E-state index contributed by atoms with van der Waals surface area (Å²) >= 11 is 0. The maximum absolute atomic E-state index is 13.6. The van der Waals surface area contributed by atoms with E-state index in [9.17, 15) is 18.0 Å². The van der Waals surface area contributed by atoms with E-state index in [1.54, 1.807) is 27.8 Å². The van der Waals surface area contributed by atoms with E-state index in [-0.39, 0.29) is 31.1 Å². The first-order valence-corrected chi connectivity index (χ1v) is 11.4. The summed E-state index contributed by atoms with van der Waals surface area (Å²) in [5.41, 5.74) is 1.32. The Hall–Kier alpha value is -4.00. The van der Waals surface area contributed by atoms with E-state index in [2.05, 4.69) is 10.4 Å². The van der Waals surface area contributed by atoms with Gasteiger partial charge < -0.3 is 15.0 Å². The van der Waals surface area contributed by atoms with Gasteiger partial charge in [0.1, 0.15) is 17.9 Å². The second-order valence-electron chi connectivity index (χ2n) is 8.79. The van der Waals surface area contributed by atoms with Crippen LogP contribution in [0.1, 0.15) is 34.5 Å². The van der Waals surface area contributed by atoms with Crippen LogP contribution in [0.3, 0.4) is 0 Å². The molecule has 1 aliphatic rings. The van der Waals surface area contributed by atoms with Gasteiger partial charge in [0.15, 0.2) is 0 Å². The second-order valence-corrected chi connectivity index (χ2v) is 8.79. The lowest BCUT2D eigenvalue weighted by molar-refractivity contribution is -0.137. The minimum Gasteiger partial charge on any atom is -0.488 e. The summed E-state index contributed by atoms with van der Waals surface area (Å²) in [7, 11) is 1.82. The van der Waals surface area contributed by atoms with Gasteiger partial charge in [0.25, 0.3) is 0 Å². The van der Waals surface area contributed by atoms with Crippen molar-refractivity contribution in [1.82, 2.24) is 15.1 Å². The molecule has 0 unspecified atom stereocenters. The Bertz CT molecular complexity index is 1300. The first-order valence-electron chi connectivity index (χ1n) is 11.4. The van der Waals surface area contributed by atoms with Gasteiger partial charge in [0.2, 0.25) is 5.91 Å². The largest absolute Gasteiger partial charge is 0.488 e. The zero-order chi connectivity index (χ0) is 26.0. The molecule has 0 bridgehead atoms. The fourth-order valence-corrected chi connectivity index (χ4v) is 4.52. The molecule has 1 N–H and O–H groups in total. The molecule has 1 saturated heterocycles. The number of nitrogens with zero attached hydrogens (tertiary/aromatic N) is 4. The van der Waals surface area contributed by atoms with Gasteiger partial charge in [-0.3, -0.25) is 9.48 Å².